The second kappa shape index (κ2) is 7.40. The third-order valence-corrected chi connectivity index (χ3v) is 3.65. The first-order valence-electron chi connectivity index (χ1n) is 7.28. The van der Waals surface area contributed by atoms with Crippen molar-refractivity contribution in [1.82, 2.24) is 4.98 Å². The Morgan fingerprint density at radius 3 is 2.54 bits per heavy atom. The molecule has 0 aliphatic rings. The molecule has 0 amide bonds. The first kappa shape index (κ1) is 17.2. The lowest BCUT2D eigenvalue weighted by Gasteiger charge is -2.07. The molecule has 0 atom stereocenters. The Morgan fingerprint density at radius 1 is 1.29 bits per heavy atom. The number of rotatable bonds is 7. The van der Waals surface area contributed by atoms with Gasteiger partial charge >= 0.3 is 5.69 Å². The van der Waals surface area contributed by atoms with Crippen molar-refractivity contribution in [1.29, 1.82) is 0 Å². The number of nitro groups is 1. The fourth-order valence-electron chi connectivity index (χ4n) is 2.31. The van der Waals surface area contributed by atoms with E-state index in [0.29, 0.717) is 25.1 Å². The molecule has 24 heavy (non-hydrogen) atoms. The van der Waals surface area contributed by atoms with E-state index in [0.717, 1.165) is 11.3 Å². The van der Waals surface area contributed by atoms with Crippen LogP contribution in [0.4, 0.5) is 17.2 Å². The molecule has 126 valence electrons. The van der Waals surface area contributed by atoms with Crippen LogP contribution in [0.25, 0.3) is 0 Å². The maximum atomic E-state index is 11.0. The Labute approximate surface area is 139 Å². The second-order valence-corrected chi connectivity index (χ2v) is 5.34. The van der Waals surface area contributed by atoms with Crippen molar-refractivity contribution in [3.05, 3.63) is 51.7 Å². The van der Waals surface area contributed by atoms with Crippen molar-refractivity contribution in [2.24, 2.45) is 0 Å². The van der Waals surface area contributed by atoms with E-state index in [1.165, 1.54) is 6.20 Å². The molecule has 0 spiro atoms. The maximum absolute atomic E-state index is 11.0. The summed E-state index contributed by atoms with van der Waals surface area (Å²) < 4.78 is 6.97. The van der Waals surface area contributed by atoms with Gasteiger partial charge in [0.2, 0.25) is 5.82 Å². The number of aromatic nitrogens is 1. The van der Waals surface area contributed by atoms with Gasteiger partial charge in [-0.15, -0.1) is 0 Å². The van der Waals surface area contributed by atoms with Crippen molar-refractivity contribution in [2.45, 2.75) is 13.0 Å². The third-order valence-electron chi connectivity index (χ3n) is 3.65. The molecule has 0 unspecified atom stereocenters. The fraction of sp³-hybridized carbons (Fsp3) is 0.250. The van der Waals surface area contributed by atoms with Gasteiger partial charge in [-0.1, -0.05) is 0 Å². The van der Waals surface area contributed by atoms with Gasteiger partial charge in [-0.3, -0.25) is 10.1 Å². The van der Waals surface area contributed by atoms with Crippen molar-refractivity contribution in [2.75, 3.05) is 25.1 Å². The molecule has 2 rings (SSSR count). The van der Waals surface area contributed by atoms with Crippen LogP contribution >= 0.6 is 0 Å². The van der Waals surface area contributed by atoms with Gasteiger partial charge in [0.25, 0.3) is 0 Å². The quantitative estimate of drug-likeness (QED) is 0.344. The molecule has 0 saturated heterocycles. The molecular weight excluding hydrogens is 310 g/mol. The van der Waals surface area contributed by atoms with Gasteiger partial charge in [-0.25, -0.2) is 9.56 Å². The molecule has 1 aromatic heterocycles. The van der Waals surface area contributed by atoms with Crippen LogP contribution in [0.5, 0.6) is 5.75 Å². The lowest BCUT2D eigenvalue weighted by molar-refractivity contribution is -0.535. The SMILES string of the molecule is C=[N+](CCc1cnc(N)c([N+](=O)[O-])c1N)Cc1ccc(OC)cc1. The number of benzene rings is 1. The monoisotopic (exact) mass is 330 g/mol. The fourth-order valence-corrected chi connectivity index (χ4v) is 2.31. The Hall–Kier alpha value is -3.16. The van der Waals surface area contributed by atoms with Gasteiger partial charge in [0.15, 0.2) is 6.54 Å². The van der Waals surface area contributed by atoms with Gasteiger partial charge in [0, 0.05) is 23.7 Å². The zero-order valence-electron chi connectivity index (χ0n) is 13.4. The number of pyridine rings is 1. The minimum absolute atomic E-state index is 0.0605. The number of hydrogen-bond acceptors (Lipinski definition) is 6. The van der Waals surface area contributed by atoms with E-state index in [2.05, 4.69) is 11.7 Å². The van der Waals surface area contributed by atoms with E-state index in [-0.39, 0.29) is 17.2 Å². The molecule has 1 heterocycles. The van der Waals surface area contributed by atoms with E-state index in [9.17, 15) is 10.1 Å². The first-order chi connectivity index (χ1) is 11.4. The summed E-state index contributed by atoms with van der Waals surface area (Å²) in [5, 5.41) is 11.0. The number of nitrogens with two attached hydrogens (primary N) is 2. The Bertz CT molecular complexity index is 759. The number of hydrogen-bond donors (Lipinski definition) is 2. The Morgan fingerprint density at radius 2 is 1.96 bits per heavy atom. The summed E-state index contributed by atoms with van der Waals surface area (Å²) in [6.07, 6.45) is 1.96. The molecule has 0 aliphatic carbocycles. The van der Waals surface area contributed by atoms with Crippen molar-refractivity contribution < 1.29 is 14.2 Å². The van der Waals surface area contributed by atoms with E-state index < -0.39 is 4.92 Å². The summed E-state index contributed by atoms with van der Waals surface area (Å²) in [7, 11) is 1.62. The van der Waals surface area contributed by atoms with Crippen LogP contribution < -0.4 is 16.2 Å². The van der Waals surface area contributed by atoms with Crippen LogP contribution in [0.15, 0.2) is 30.5 Å². The van der Waals surface area contributed by atoms with Gasteiger partial charge in [-0.2, -0.15) is 0 Å². The molecule has 8 nitrogen and oxygen atoms in total. The summed E-state index contributed by atoms with van der Waals surface area (Å²) in [6, 6.07) is 7.69. The molecule has 0 saturated carbocycles. The molecule has 0 fully saturated rings. The van der Waals surface area contributed by atoms with Crippen LogP contribution in [0, 0.1) is 10.1 Å². The zero-order valence-corrected chi connectivity index (χ0v) is 13.4. The highest BCUT2D eigenvalue weighted by Gasteiger charge is 2.21. The van der Waals surface area contributed by atoms with Crippen LogP contribution in [0.1, 0.15) is 11.1 Å². The minimum atomic E-state index is -0.611. The normalized spacial score (nSPS) is 10.4. The van der Waals surface area contributed by atoms with Crippen molar-refractivity contribution >= 4 is 23.9 Å². The third kappa shape index (κ3) is 3.97. The molecule has 8 heteroatoms. The molecule has 2 aromatic rings. The smallest absolute Gasteiger partial charge is 0.334 e. The van der Waals surface area contributed by atoms with Crippen LogP contribution in [0.2, 0.25) is 0 Å². The lowest BCUT2D eigenvalue weighted by atomic mass is 10.1. The number of ether oxygens (including phenoxy) is 1. The van der Waals surface area contributed by atoms with Gasteiger partial charge in [-0.05, 0) is 24.3 Å². The standard InChI is InChI=1S/C16H20N5O3/c1-20(10-11-3-5-13(24-2)6-4-11)8-7-12-9-19-16(18)15(14(12)17)21(22)23/h3-6,9H,1,7-8,10H2,2H3,(H4,17,18,19)/q+1. The summed E-state index contributed by atoms with van der Waals surface area (Å²) in [4.78, 5) is 14.2. The van der Waals surface area contributed by atoms with Gasteiger partial charge < -0.3 is 16.2 Å². The first-order valence-corrected chi connectivity index (χ1v) is 7.28. The Balaban J connectivity index is 2.01. The topological polar surface area (TPSA) is 120 Å². The van der Waals surface area contributed by atoms with E-state index >= 15 is 0 Å². The summed E-state index contributed by atoms with van der Waals surface area (Å²) in [6.45, 7) is 5.18. The van der Waals surface area contributed by atoms with Crippen LogP contribution in [-0.2, 0) is 13.0 Å². The number of methoxy groups -OCH3 is 1. The summed E-state index contributed by atoms with van der Waals surface area (Å²) >= 11 is 0. The number of nitrogens with zero attached hydrogens (tertiary/aromatic N) is 3. The van der Waals surface area contributed by atoms with Crippen LogP contribution in [0.3, 0.4) is 0 Å². The van der Waals surface area contributed by atoms with E-state index in [1.807, 2.05) is 28.8 Å². The highest BCUT2D eigenvalue weighted by Crippen LogP contribution is 2.29. The molecule has 4 N–H and O–H groups in total. The molecule has 0 radical (unpaired) electrons. The summed E-state index contributed by atoms with van der Waals surface area (Å²) in [5.41, 5.74) is 12.7. The lowest BCUT2D eigenvalue weighted by Crippen LogP contribution is -2.15. The predicted octanol–water partition coefficient (Wildman–Crippen LogP) is 1.62. The van der Waals surface area contributed by atoms with Gasteiger partial charge in [0.1, 0.15) is 24.7 Å². The Kier molecular flexibility index (Phi) is 5.31. The molecule has 0 aliphatic heterocycles. The average Bonchev–Trinajstić information content (AvgIpc) is 2.54. The maximum Gasteiger partial charge on any atom is 0.334 e. The molecule has 1 aromatic carbocycles. The number of nitrogen functional groups attached to an aromatic ring is 2. The van der Waals surface area contributed by atoms with Crippen molar-refractivity contribution in [3.8, 4) is 5.75 Å². The van der Waals surface area contributed by atoms with Crippen molar-refractivity contribution in [3.63, 3.8) is 0 Å². The second-order valence-electron chi connectivity index (χ2n) is 5.34. The van der Waals surface area contributed by atoms with Gasteiger partial charge in [0.05, 0.1) is 12.0 Å². The summed E-state index contributed by atoms with van der Waals surface area (Å²) in [5.74, 6) is 0.619. The highest BCUT2D eigenvalue weighted by molar-refractivity contribution is 5.72. The molecular formula is C16H20N5O3+. The van der Waals surface area contributed by atoms with E-state index in [1.54, 1.807) is 7.11 Å². The highest BCUT2D eigenvalue weighted by atomic mass is 16.6. The molecule has 0 bridgehead atoms. The van der Waals surface area contributed by atoms with Crippen LogP contribution in [-0.4, -0.2) is 34.9 Å². The largest absolute Gasteiger partial charge is 0.497 e. The zero-order chi connectivity index (χ0) is 17.7. The average molecular weight is 330 g/mol. The predicted molar refractivity (Wildman–Crippen MR) is 92.4 cm³/mol. The van der Waals surface area contributed by atoms with E-state index in [4.69, 9.17) is 16.2 Å². The number of anilines is 2. The minimum Gasteiger partial charge on any atom is -0.497 e.